The molecular formula is C16H23NO8S2. The molecule has 27 heavy (non-hydrogen) atoms. The maximum absolute atomic E-state index is 11.3. The molecule has 6 atom stereocenters. The Morgan fingerprint density at radius 3 is 2.41 bits per heavy atom. The highest BCUT2D eigenvalue weighted by Crippen LogP contribution is 2.34. The molecule has 0 bridgehead atoms. The Hall–Kier alpha value is -1.34. The molecule has 0 aliphatic heterocycles. The highest BCUT2D eigenvalue weighted by molar-refractivity contribution is 8.14. The average molecular weight is 421 g/mol. The fraction of sp³-hybridized carbons (Fsp3) is 0.500. The highest BCUT2D eigenvalue weighted by Gasteiger charge is 2.43. The summed E-state index contributed by atoms with van der Waals surface area (Å²) in [5.41, 5.74) is 0.709. The smallest absolute Gasteiger partial charge is 0.261 e. The van der Waals surface area contributed by atoms with Crippen LogP contribution in [-0.4, -0.2) is 75.4 Å². The Labute approximate surface area is 161 Å². The van der Waals surface area contributed by atoms with Crippen molar-refractivity contribution < 1.29 is 38.6 Å². The van der Waals surface area contributed by atoms with Gasteiger partial charge in [-0.2, -0.15) is 4.21 Å². The molecule has 11 heteroatoms. The standard InChI is InChI=1S/C16H23NO8S2/c1-27(23,24)25-17-13(6-9-2-4-11(19)5-3-9)26-12-7-10(8-18)14(20)16(22)15(12)21/h2-5,10,12,14-16,18-22H,1,6-8H2,(H,23,24)/b17-13+/t10?,12-,14-,15?,16+/m1/s1. The molecule has 1 aliphatic carbocycles. The van der Waals surface area contributed by atoms with Gasteiger partial charge in [-0.3, -0.25) is 8.84 Å². The first-order chi connectivity index (χ1) is 12.6. The molecule has 0 heterocycles. The summed E-state index contributed by atoms with van der Waals surface area (Å²) in [6, 6.07) is 6.18. The van der Waals surface area contributed by atoms with Crippen LogP contribution in [0.2, 0.25) is 0 Å². The van der Waals surface area contributed by atoms with Gasteiger partial charge in [-0.1, -0.05) is 17.3 Å². The van der Waals surface area contributed by atoms with E-state index in [0.29, 0.717) is 5.56 Å². The molecule has 6 N–H and O–H groups in total. The summed E-state index contributed by atoms with van der Waals surface area (Å²) >= 11 is 1.00. The van der Waals surface area contributed by atoms with E-state index in [2.05, 4.69) is 15.3 Å². The van der Waals surface area contributed by atoms with Crippen LogP contribution < -0.4 is 0 Å². The lowest BCUT2D eigenvalue weighted by Crippen LogP contribution is -2.53. The summed E-state index contributed by atoms with van der Waals surface area (Å²) in [5, 5.41) is 52.1. The molecule has 0 radical (unpaired) electrons. The molecule has 1 saturated carbocycles. The third kappa shape index (κ3) is 6.35. The maximum Gasteiger partial charge on any atom is 0.261 e. The van der Waals surface area contributed by atoms with E-state index in [-0.39, 0.29) is 30.2 Å². The van der Waals surface area contributed by atoms with Crippen molar-refractivity contribution in [2.24, 2.45) is 11.1 Å². The van der Waals surface area contributed by atoms with Gasteiger partial charge in [-0.15, -0.1) is 11.8 Å². The number of phenolic OH excluding ortho intramolecular Hbond substituents is 1. The molecule has 152 valence electrons. The number of oxime groups is 1. The van der Waals surface area contributed by atoms with Gasteiger partial charge in [0.25, 0.3) is 10.1 Å². The van der Waals surface area contributed by atoms with Crippen molar-refractivity contribution in [1.82, 2.24) is 0 Å². The van der Waals surface area contributed by atoms with Crippen LogP contribution in [0.1, 0.15) is 12.0 Å². The van der Waals surface area contributed by atoms with E-state index in [4.69, 9.17) is 0 Å². The lowest BCUT2D eigenvalue weighted by molar-refractivity contribution is -0.114. The van der Waals surface area contributed by atoms with Crippen molar-refractivity contribution >= 4 is 32.8 Å². The number of phenols is 1. The molecule has 1 aliphatic rings. The van der Waals surface area contributed by atoms with E-state index in [1.807, 2.05) is 0 Å². The van der Waals surface area contributed by atoms with Crippen molar-refractivity contribution in [1.29, 1.82) is 0 Å². The lowest BCUT2D eigenvalue weighted by atomic mass is 9.83. The number of nitrogens with zero attached hydrogens (tertiary/aromatic N) is 1. The summed E-state index contributed by atoms with van der Waals surface area (Å²) in [6.45, 7) is -0.369. The number of thioether (sulfide) groups is 1. The average Bonchev–Trinajstić information content (AvgIpc) is 2.61. The predicted octanol–water partition coefficient (Wildman–Crippen LogP) is -0.434. The normalized spacial score (nSPS) is 31.3. The van der Waals surface area contributed by atoms with Crippen LogP contribution >= 0.6 is 11.8 Å². The van der Waals surface area contributed by atoms with Crippen molar-refractivity contribution in [3.05, 3.63) is 29.8 Å². The zero-order valence-electron chi connectivity index (χ0n) is 14.3. The highest BCUT2D eigenvalue weighted by atomic mass is 32.2. The van der Waals surface area contributed by atoms with E-state index in [9.17, 15) is 34.3 Å². The van der Waals surface area contributed by atoms with Crippen molar-refractivity contribution in [3.8, 4) is 5.75 Å². The summed E-state index contributed by atoms with van der Waals surface area (Å²) in [5.74, 6) is 2.37. The quantitative estimate of drug-likeness (QED) is 0.155. The molecule has 1 fully saturated rings. The van der Waals surface area contributed by atoms with Crippen LogP contribution in [0.5, 0.6) is 5.75 Å². The first kappa shape index (κ1) is 22.0. The SMILES string of the molecule is C=S(=O)(O)O/N=C(\Cc1ccc(O)cc1)S[C@@H]1CC(CO)[C@@H](O)[C@H](O)C1O. The van der Waals surface area contributed by atoms with E-state index >= 15 is 0 Å². The number of benzene rings is 1. The zero-order valence-corrected chi connectivity index (χ0v) is 15.9. The van der Waals surface area contributed by atoms with Gasteiger partial charge >= 0.3 is 0 Å². The van der Waals surface area contributed by atoms with Crippen LogP contribution in [0.4, 0.5) is 0 Å². The molecular weight excluding hydrogens is 398 g/mol. The molecule has 9 nitrogen and oxygen atoms in total. The minimum atomic E-state index is -3.84. The zero-order chi connectivity index (χ0) is 20.2. The van der Waals surface area contributed by atoms with E-state index in [1.165, 1.54) is 12.1 Å². The van der Waals surface area contributed by atoms with Gasteiger partial charge in [-0.25, -0.2) is 0 Å². The van der Waals surface area contributed by atoms with Crippen molar-refractivity contribution in [2.45, 2.75) is 36.4 Å². The largest absolute Gasteiger partial charge is 0.508 e. The van der Waals surface area contributed by atoms with Crippen LogP contribution in [-0.2, 0) is 20.8 Å². The number of aromatic hydroxyl groups is 1. The number of aliphatic hydroxyl groups is 4. The first-order valence-corrected chi connectivity index (χ1v) is 10.5. The predicted molar refractivity (Wildman–Crippen MR) is 103 cm³/mol. The van der Waals surface area contributed by atoms with Crippen LogP contribution in [0, 0.1) is 5.92 Å². The minimum absolute atomic E-state index is 0.0721. The minimum Gasteiger partial charge on any atom is -0.508 e. The van der Waals surface area contributed by atoms with Crippen LogP contribution in [0.25, 0.3) is 0 Å². The van der Waals surface area contributed by atoms with Crippen molar-refractivity contribution in [2.75, 3.05) is 6.61 Å². The third-order valence-corrected chi connectivity index (χ3v) is 5.74. The second kappa shape index (κ2) is 9.24. The molecule has 1 aromatic rings. The molecule has 0 saturated heterocycles. The molecule has 0 spiro atoms. The topological polar surface area (TPSA) is 160 Å². The molecule has 0 amide bonds. The summed E-state index contributed by atoms with van der Waals surface area (Å²) < 4.78 is 24.9. The Morgan fingerprint density at radius 2 is 1.85 bits per heavy atom. The van der Waals surface area contributed by atoms with Crippen molar-refractivity contribution in [3.63, 3.8) is 0 Å². The van der Waals surface area contributed by atoms with Gasteiger partial charge in [0.05, 0.1) is 12.2 Å². The van der Waals surface area contributed by atoms with Gasteiger partial charge < -0.3 is 25.5 Å². The van der Waals surface area contributed by atoms with Crippen LogP contribution in [0.3, 0.4) is 0 Å². The lowest BCUT2D eigenvalue weighted by Gasteiger charge is -2.39. The number of aliphatic hydroxyl groups excluding tert-OH is 4. The Balaban J connectivity index is 2.20. The van der Waals surface area contributed by atoms with Gasteiger partial charge in [0, 0.05) is 30.1 Å². The van der Waals surface area contributed by atoms with Crippen LogP contribution in [0.15, 0.2) is 29.4 Å². The third-order valence-electron chi connectivity index (χ3n) is 4.17. The van der Waals surface area contributed by atoms with E-state index in [0.717, 1.165) is 11.8 Å². The number of hydrogen-bond donors (Lipinski definition) is 6. The first-order valence-electron chi connectivity index (χ1n) is 8.05. The van der Waals surface area contributed by atoms with E-state index < -0.39 is 39.6 Å². The Bertz CT molecular complexity index is 750. The fourth-order valence-electron chi connectivity index (χ4n) is 2.74. The number of rotatable bonds is 6. The monoisotopic (exact) mass is 421 g/mol. The maximum atomic E-state index is 11.3. The second-order valence-electron chi connectivity index (χ2n) is 6.29. The Kier molecular flexibility index (Phi) is 7.51. The molecule has 2 rings (SSSR count). The summed E-state index contributed by atoms with van der Waals surface area (Å²) in [6.07, 6.45) is -3.65. The summed E-state index contributed by atoms with van der Waals surface area (Å²) in [4.78, 5) is 0. The fourth-order valence-corrected chi connectivity index (χ4v) is 4.31. The molecule has 0 aromatic heterocycles. The molecule has 3 unspecified atom stereocenters. The second-order valence-corrected chi connectivity index (χ2v) is 8.92. The van der Waals surface area contributed by atoms with E-state index in [1.54, 1.807) is 12.1 Å². The molecule has 1 aromatic carbocycles. The van der Waals surface area contributed by atoms with Gasteiger partial charge in [0.15, 0.2) is 0 Å². The van der Waals surface area contributed by atoms with Gasteiger partial charge in [-0.05, 0) is 24.1 Å². The Morgan fingerprint density at radius 1 is 1.22 bits per heavy atom. The van der Waals surface area contributed by atoms with Gasteiger partial charge in [0.2, 0.25) is 0 Å². The number of hydrogen-bond acceptors (Lipinski definition) is 9. The van der Waals surface area contributed by atoms with Gasteiger partial charge in [0.1, 0.15) is 16.9 Å². The summed E-state index contributed by atoms with van der Waals surface area (Å²) in [7, 11) is -3.84.